The van der Waals surface area contributed by atoms with E-state index in [0.29, 0.717) is 12.1 Å². The van der Waals surface area contributed by atoms with Crippen molar-refractivity contribution in [3.8, 4) is 5.75 Å². The molecule has 0 heterocycles. The van der Waals surface area contributed by atoms with Crippen LogP contribution in [0, 0.1) is 10.1 Å². The monoisotopic (exact) mass is 275 g/mol. The summed E-state index contributed by atoms with van der Waals surface area (Å²) in [4.78, 5) is 10.0. The van der Waals surface area contributed by atoms with E-state index in [1.54, 1.807) is 6.07 Å². The van der Waals surface area contributed by atoms with Gasteiger partial charge in [0.2, 0.25) is 0 Å². The molecular formula is C11H18ClN3O3. The number of unbranched alkanes of at least 4 members (excludes halogenated alkanes) is 1. The molecule has 1 aromatic rings. The van der Waals surface area contributed by atoms with Crippen molar-refractivity contribution >= 4 is 18.1 Å². The Balaban J connectivity index is 0.00000289. The standard InChI is InChI=1S/C11H17N3O3.ClH/c12-6-2-1-3-9(13)8-4-5-11(15)10(7-8)14(16)17;/h4-5,7,9,15H,1-3,6,12-13H2;1H/t9-;/m0./s1. The summed E-state index contributed by atoms with van der Waals surface area (Å²) in [5.74, 6) is -0.340. The molecule has 0 spiro atoms. The van der Waals surface area contributed by atoms with Crippen LogP contribution in [0.3, 0.4) is 0 Å². The summed E-state index contributed by atoms with van der Waals surface area (Å²) < 4.78 is 0. The van der Waals surface area contributed by atoms with Gasteiger partial charge in [-0.1, -0.05) is 12.5 Å². The van der Waals surface area contributed by atoms with E-state index in [4.69, 9.17) is 11.5 Å². The van der Waals surface area contributed by atoms with Gasteiger partial charge in [-0.15, -0.1) is 12.4 Å². The number of phenolic OH excluding ortho intramolecular Hbond substituents is 1. The summed E-state index contributed by atoms with van der Waals surface area (Å²) in [6, 6.07) is 3.97. The first-order chi connectivity index (χ1) is 8.06. The summed E-state index contributed by atoms with van der Waals surface area (Å²) in [5.41, 5.74) is 11.6. The van der Waals surface area contributed by atoms with Crippen molar-refractivity contribution in [3.05, 3.63) is 33.9 Å². The number of aromatic hydroxyl groups is 1. The predicted octanol–water partition coefficient (Wildman–Crippen LogP) is 1.85. The van der Waals surface area contributed by atoms with Gasteiger partial charge in [-0.3, -0.25) is 10.1 Å². The molecular weight excluding hydrogens is 258 g/mol. The zero-order chi connectivity index (χ0) is 12.8. The van der Waals surface area contributed by atoms with Gasteiger partial charge in [-0.05, 0) is 31.0 Å². The zero-order valence-electron chi connectivity index (χ0n) is 9.91. The van der Waals surface area contributed by atoms with Gasteiger partial charge in [0, 0.05) is 12.1 Å². The Bertz CT molecular complexity index is 401. The fraction of sp³-hybridized carbons (Fsp3) is 0.455. The quantitative estimate of drug-likeness (QED) is 0.416. The molecule has 0 bridgehead atoms. The van der Waals surface area contributed by atoms with Crippen LogP contribution in [-0.4, -0.2) is 16.6 Å². The minimum atomic E-state index is -0.620. The Morgan fingerprint density at radius 3 is 2.61 bits per heavy atom. The van der Waals surface area contributed by atoms with Crippen LogP contribution >= 0.6 is 12.4 Å². The predicted molar refractivity (Wildman–Crippen MR) is 71.8 cm³/mol. The number of hydrogen-bond acceptors (Lipinski definition) is 5. The van der Waals surface area contributed by atoms with Crippen LogP contribution in [0.15, 0.2) is 18.2 Å². The van der Waals surface area contributed by atoms with Gasteiger partial charge in [0.15, 0.2) is 5.75 Å². The molecule has 7 heteroatoms. The average Bonchev–Trinajstić information content (AvgIpc) is 2.29. The molecule has 0 fully saturated rings. The minimum absolute atomic E-state index is 0. The van der Waals surface area contributed by atoms with Crippen LogP contribution in [0.2, 0.25) is 0 Å². The molecule has 0 aliphatic heterocycles. The van der Waals surface area contributed by atoms with E-state index in [-0.39, 0.29) is 29.9 Å². The number of nitro benzene ring substituents is 1. The highest BCUT2D eigenvalue weighted by atomic mass is 35.5. The number of hydrogen-bond donors (Lipinski definition) is 3. The van der Waals surface area contributed by atoms with Crippen molar-refractivity contribution in [1.82, 2.24) is 0 Å². The van der Waals surface area contributed by atoms with Crippen molar-refractivity contribution in [1.29, 1.82) is 0 Å². The molecule has 0 radical (unpaired) electrons. The van der Waals surface area contributed by atoms with Gasteiger partial charge >= 0.3 is 5.69 Å². The third-order valence-electron chi connectivity index (χ3n) is 2.59. The summed E-state index contributed by atoms with van der Waals surface area (Å²) in [6.07, 6.45) is 2.49. The van der Waals surface area contributed by atoms with Crippen LogP contribution in [0.5, 0.6) is 5.75 Å². The fourth-order valence-corrected chi connectivity index (χ4v) is 1.59. The SMILES string of the molecule is Cl.NCCCC[C@H](N)c1ccc(O)c([N+](=O)[O-])c1. The van der Waals surface area contributed by atoms with E-state index in [0.717, 1.165) is 19.3 Å². The van der Waals surface area contributed by atoms with E-state index in [1.807, 2.05) is 0 Å². The normalized spacial score (nSPS) is 11.7. The number of nitrogens with zero attached hydrogens (tertiary/aromatic N) is 1. The highest BCUT2D eigenvalue weighted by Crippen LogP contribution is 2.29. The summed E-state index contributed by atoms with van der Waals surface area (Å²) >= 11 is 0. The maximum Gasteiger partial charge on any atom is 0.311 e. The zero-order valence-corrected chi connectivity index (χ0v) is 10.7. The first-order valence-electron chi connectivity index (χ1n) is 5.49. The topological polar surface area (TPSA) is 115 Å². The van der Waals surface area contributed by atoms with Crippen LogP contribution in [0.25, 0.3) is 0 Å². The highest BCUT2D eigenvalue weighted by Gasteiger charge is 2.16. The molecule has 0 amide bonds. The molecule has 0 aromatic heterocycles. The number of halogens is 1. The van der Waals surface area contributed by atoms with E-state index in [2.05, 4.69) is 0 Å². The van der Waals surface area contributed by atoms with Crippen LogP contribution in [-0.2, 0) is 0 Å². The Kier molecular flexibility index (Phi) is 7.26. The number of nitro groups is 1. The number of benzene rings is 1. The van der Waals surface area contributed by atoms with Crippen molar-refractivity contribution in [3.63, 3.8) is 0 Å². The molecule has 1 rings (SSSR count). The first-order valence-corrected chi connectivity index (χ1v) is 5.49. The summed E-state index contributed by atoms with van der Waals surface area (Å²) in [6.45, 7) is 0.614. The lowest BCUT2D eigenvalue weighted by Gasteiger charge is -2.11. The van der Waals surface area contributed by atoms with Gasteiger partial charge < -0.3 is 16.6 Å². The van der Waals surface area contributed by atoms with E-state index < -0.39 is 4.92 Å². The molecule has 6 nitrogen and oxygen atoms in total. The first kappa shape index (κ1) is 16.6. The Labute approximate surface area is 112 Å². The lowest BCUT2D eigenvalue weighted by atomic mass is 10.0. The average molecular weight is 276 g/mol. The second-order valence-corrected chi connectivity index (χ2v) is 3.90. The molecule has 102 valence electrons. The molecule has 0 aliphatic rings. The van der Waals surface area contributed by atoms with Crippen molar-refractivity contribution in [2.45, 2.75) is 25.3 Å². The van der Waals surface area contributed by atoms with Crippen LogP contribution < -0.4 is 11.5 Å². The van der Waals surface area contributed by atoms with Gasteiger partial charge in [0.25, 0.3) is 0 Å². The molecule has 0 saturated carbocycles. The number of rotatable bonds is 6. The maximum absolute atomic E-state index is 10.6. The third-order valence-corrected chi connectivity index (χ3v) is 2.59. The van der Waals surface area contributed by atoms with Crippen LogP contribution in [0.1, 0.15) is 30.9 Å². The van der Waals surface area contributed by atoms with Gasteiger partial charge in [-0.2, -0.15) is 0 Å². The van der Waals surface area contributed by atoms with E-state index in [1.165, 1.54) is 12.1 Å². The lowest BCUT2D eigenvalue weighted by molar-refractivity contribution is -0.385. The molecule has 0 saturated heterocycles. The lowest BCUT2D eigenvalue weighted by Crippen LogP contribution is -2.11. The molecule has 0 aliphatic carbocycles. The molecule has 0 unspecified atom stereocenters. The summed E-state index contributed by atoms with van der Waals surface area (Å²) in [7, 11) is 0. The van der Waals surface area contributed by atoms with E-state index >= 15 is 0 Å². The fourth-order valence-electron chi connectivity index (χ4n) is 1.59. The number of nitrogens with two attached hydrogens (primary N) is 2. The Morgan fingerprint density at radius 2 is 2.06 bits per heavy atom. The summed E-state index contributed by atoms with van der Waals surface area (Å²) in [5, 5.41) is 19.9. The number of phenols is 1. The molecule has 5 N–H and O–H groups in total. The Morgan fingerprint density at radius 1 is 1.39 bits per heavy atom. The maximum atomic E-state index is 10.6. The van der Waals surface area contributed by atoms with Crippen LogP contribution in [0.4, 0.5) is 5.69 Å². The highest BCUT2D eigenvalue weighted by molar-refractivity contribution is 5.85. The van der Waals surface area contributed by atoms with Gasteiger partial charge in [0.05, 0.1) is 4.92 Å². The minimum Gasteiger partial charge on any atom is -0.502 e. The van der Waals surface area contributed by atoms with E-state index in [9.17, 15) is 15.2 Å². The van der Waals surface area contributed by atoms with Crippen molar-refractivity contribution in [2.75, 3.05) is 6.54 Å². The van der Waals surface area contributed by atoms with Gasteiger partial charge in [0.1, 0.15) is 0 Å². The molecule has 1 aromatic carbocycles. The molecule has 1 atom stereocenters. The Hall–Kier alpha value is -1.37. The van der Waals surface area contributed by atoms with Gasteiger partial charge in [-0.25, -0.2) is 0 Å². The second kappa shape index (κ2) is 7.86. The third kappa shape index (κ3) is 4.48. The molecule has 18 heavy (non-hydrogen) atoms. The second-order valence-electron chi connectivity index (χ2n) is 3.90. The smallest absolute Gasteiger partial charge is 0.311 e. The van der Waals surface area contributed by atoms with Crippen molar-refractivity contribution < 1.29 is 10.0 Å². The van der Waals surface area contributed by atoms with Crippen molar-refractivity contribution in [2.24, 2.45) is 11.5 Å². The largest absolute Gasteiger partial charge is 0.502 e.